The number of H-pyrrole nitrogens is 1. The van der Waals surface area contributed by atoms with Crippen LogP contribution < -0.4 is 0 Å². The molecular formula is C21H24ClN5O3S. The third-order valence-electron chi connectivity index (χ3n) is 6.10. The Labute approximate surface area is 186 Å². The van der Waals surface area contributed by atoms with Crippen molar-refractivity contribution in [2.24, 2.45) is 7.05 Å². The number of aryl methyl sites for hydroxylation is 1. The highest BCUT2D eigenvalue weighted by atomic mass is 35.5. The van der Waals surface area contributed by atoms with Crippen molar-refractivity contribution in [3.05, 3.63) is 52.8 Å². The highest BCUT2D eigenvalue weighted by molar-refractivity contribution is 7.89. The van der Waals surface area contributed by atoms with Crippen molar-refractivity contribution in [1.29, 1.82) is 0 Å². The second-order valence-electron chi connectivity index (χ2n) is 8.18. The van der Waals surface area contributed by atoms with Crippen LogP contribution in [0.1, 0.15) is 11.1 Å². The molecule has 0 bridgehead atoms. The number of benzene rings is 1. The Morgan fingerprint density at radius 1 is 1.00 bits per heavy atom. The van der Waals surface area contributed by atoms with Gasteiger partial charge in [-0.25, -0.2) is 13.2 Å². The number of nitrogens with zero attached hydrogens (tertiary/aromatic N) is 4. The molecule has 31 heavy (non-hydrogen) atoms. The topological polar surface area (TPSA) is 81.7 Å². The number of piperazine rings is 1. The fourth-order valence-corrected chi connectivity index (χ4v) is 6.06. The summed E-state index contributed by atoms with van der Waals surface area (Å²) in [6, 6.07) is 6.82. The largest absolute Gasteiger partial charge is 0.357 e. The first-order valence-corrected chi connectivity index (χ1v) is 12.1. The lowest BCUT2D eigenvalue weighted by atomic mass is 10.1. The highest BCUT2D eigenvalue weighted by Gasteiger charge is 2.33. The Hall–Kier alpha value is -2.49. The number of amides is 2. The zero-order chi connectivity index (χ0) is 21.8. The van der Waals surface area contributed by atoms with Crippen LogP contribution in [0.5, 0.6) is 0 Å². The number of rotatable bonds is 2. The molecule has 1 aromatic carbocycles. The van der Waals surface area contributed by atoms with E-state index in [-0.39, 0.29) is 24.1 Å². The summed E-state index contributed by atoms with van der Waals surface area (Å²) in [5.74, 6) is 0. The number of halogens is 1. The number of nitrogens with one attached hydrogen (secondary N) is 1. The minimum absolute atomic E-state index is 0.0215. The predicted molar refractivity (Wildman–Crippen MR) is 119 cm³/mol. The molecule has 0 atom stereocenters. The molecule has 0 spiro atoms. The van der Waals surface area contributed by atoms with Crippen molar-refractivity contribution in [3.63, 3.8) is 0 Å². The molecule has 0 radical (unpaired) electrons. The molecule has 2 aliphatic heterocycles. The van der Waals surface area contributed by atoms with E-state index in [0.29, 0.717) is 31.2 Å². The molecule has 1 fully saturated rings. The van der Waals surface area contributed by atoms with Gasteiger partial charge in [0.1, 0.15) is 5.03 Å². The maximum Gasteiger partial charge on any atom is 0.320 e. The Balaban J connectivity index is 1.25. The number of sulfonamides is 1. The molecule has 1 N–H and O–H groups in total. The standard InChI is InChI=1S/C21H24ClN5O3S/c1-24-12-15-4-5-26(14-17(15)13-24)21(28)25-6-8-27(9-7-25)31(29,30)20-11-16-10-18(22)2-3-19(16)23-20/h2-3,10-13,23H,4-9,14H2,1H3. The summed E-state index contributed by atoms with van der Waals surface area (Å²) in [6.07, 6.45) is 5.02. The van der Waals surface area contributed by atoms with Crippen molar-refractivity contribution >= 4 is 38.6 Å². The van der Waals surface area contributed by atoms with Gasteiger partial charge in [-0.3, -0.25) is 0 Å². The second kappa shape index (κ2) is 7.58. The van der Waals surface area contributed by atoms with Crippen LogP contribution in [-0.2, 0) is 30.0 Å². The van der Waals surface area contributed by atoms with Crippen LogP contribution >= 0.6 is 11.6 Å². The summed E-state index contributed by atoms with van der Waals surface area (Å²) in [5, 5.41) is 1.46. The summed E-state index contributed by atoms with van der Waals surface area (Å²) < 4.78 is 29.7. The third kappa shape index (κ3) is 3.71. The van der Waals surface area contributed by atoms with Crippen molar-refractivity contribution in [3.8, 4) is 0 Å². The number of carbonyl (C=O) groups excluding carboxylic acids is 1. The number of aromatic amines is 1. The summed E-state index contributed by atoms with van der Waals surface area (Å²) in [4.78, 5) is 19.6. The lowest BCUT2D eigenvalue weighted by Gasteiger charge is -2.37. The van der Waals surface area contributed by atoms with E-state index in [1.54, 1.807) is 29.2 Å². The number of aromatic nitrogens is 2. The molecule has 2 aliphatic rings. The average molecular weight is 462 g/mol. The van der Waals surface area contributed by atoms with Crippen LogP contribution in [0.15, 0.2) is 41.7 Å². The van der Waals surface area contributed by atoms with Crippen LogP contribution in [0.2, 0.25) is 5.02 Å². The number of carbonyl (C=O) groups is 1. The minimum Gasteiger partial charge on any atom is -0.357 e. The molecule has 5 rings (SSSR count). The molecule has 4 heterocycles. The van der Waals surface area contributed by atoms with E-state index in [1.807, 2.05) is 16.5 Å². The number of hydrogen-bond donors (Lipinski definition) is 1. The van der Waals surface area contributed by atoms with E-state index < -0.39 is 10.0 Å². The van der Waals surface area contributed by atoms with E-state index in [4.69, 9.17) is 11.6 Å². The highest BCUT2D eigenvalue weighted by Crippen LogP contribution is 2.26. The van der Waals surface area contributed by atoms with E-state index >= 15 is 0 Å². The molecule has 2 aromatic heterocycles. The molecular weight excluding hydrogens is 438 g/mol. The number of urea groups is 1. The molecule has 2 amide bonds. The van der Waals surface area contributed by atoms with Gasteiger partial charge in [-0.1, -0.05) is 11.6 Å². The minimum atomic E-state index is -3.67. The van der Waals surface area contributed by atoms with Crippen LogP contribution in [0.3, 0.4) is 0 Å². The van der Waals surface area contributed by atoms with Gasteiger partial charge in [-0.15, -0.1) is 0 Å². The number of fused-ring (bicyclic) bond motifs is 2. The maximum atomic E-state index is 13.1. The van der Waals surface area contributed by atoms with Crippen LogP contribution in [-0.4, -0.2) is 70.8 Å². The maximum absolute atomic E-state index is 13.1. The normalized spacial score (nSPS) is 17.9. The third-order valence-corrected chi connectivity index (χ3v) is 8.16. The zero-order valence-corrected chi connectivity index (χ0v) is 18.8. The van der Waals surface area contributed by atoms with Crippen LogP contribution in [0.25, 0.3) is 10.9 Å². The van der Waals surface area contributed by atoms with Gasteiger partial charge in [-0.2, -0.15) is 4.31 Å². The zero-order valence-electron chi connectivity index (χ0n) is 17.2. The van der Waals surface area contributed by atoms with E-state index in [9.17, 15) is 13.2 Å². The number of hydrogen-bond acceptors (Lipinski definition) is 3. The van der Waals surface area contributed by atoms with Gasteiger partial charge < -0.3 is 19.4 Å². The van der Waals surface area contributed by atoms with Crippen molar-refractivity contribution < 1.29 is 13.2 Å². The molecule has 0 unspecified atom stereocenters. The summed E-state index contributed by atoms with van der Waals surface area (Å²) in [6.45, 7) is 2.59. The Morgan fingerprint density at radius 2 is 1.74 bits per heavy atom. The molecule has 0 saturated carbocycles. The van der Waals surface area contributed by atoms with Gasteiger partial charge in [0.15, 0.2) is 0 Å². The molecule has 164 valence electrons. The first-order chi connectivity index (χ1) is 14.8. The van der Waals surface area contributed by atoms with Crippen LogP contribution in [0, 0.1) is 0 Å². The Kier molecular flexibility index (Phi) is 4.99. The fraction of sp³-hybridized carbons (Fsp3) is 0.381. The first kappa shape index (κ1) is 20.4. The lowest BCUT2D eigenvalue weighted by Crippen LogP contribution is -2.54. The van der Waals surface area contributed by atoms with E-state index in [0.717, 1.165) is 17.3 Å². The molecule has 8 nitrogen and oxygen atoms in total. The predicted octanol–water partition coefficient (Wildman–Crippen LogP) is 2.64. The molecule has 3 aromatic rings. The Bertz CT molecular complexity index is 1260. The van der Waals surface area contributed by atoms with Gasteiger partial charge in [0.05, 0.1) is 0 Å². The first-order valence-electron chi connectivity index (χ1n) is 10.3. The summed E-state index contributed by atoms with van der Waals surface area (Å²) >= 11 is 6.01. The van der Waals surface area contributed by atoms with E-state index in [2.05, 4.69) is 17.4 Å². The van der Waals surface area contributed by atoms with Crippen molar-refractivity contribution in [2.45, 2.75) is 18.0 Å². The SMILES string of the molecule is Cn1cc2c(c1)CN(C(=O)N1CCN(S(=O)(=O)c3cc4cc(Cl)ccc4[nH]3)CC1)CC2. The summed E-state index contributed by atoms with van der Waals surface area (Å²) in [7, 11) is -1.68. The Morgan fingerprint density at radius 3 is 2.52 bits per heavy atom. The second-order valence-corrected chi connectivity index (χ2v) is 10.5. The quantitative estimate of drug-likeness (QED) is 0.637. The van der Waals surface area contributed by atoms with Crippen molar-refractivity contribution in [1.82, 2.24) is 23.7 Å². The van der Waals surface area contributed by atoms with Gasteiger partial charge in [0, 0.05) is 74.6 Å². The molecule has 0 aliphatic carbocycles. The smallest absolute Gasteiger partial charge is 0.320 e. The average Bonchev–Trinajstić information content (AvgIpc) is 3.35. The molecule has 1 saturated heterocycles. The van der Waals surface area contributed by atoms with Gasteiger partial charge in [0.25, 0.3) is 10.0 Å². The van der Waals surface area contributed by atoms with Gasteiger partial charge in [-0.05, 0) is 41.8 Å². The summed E-state index contributed by atoms with van der Waals surface area (Å²) in [5.41, 5.74) is 3.20. The van der Waals surface area contributed by atoms with Crippen LogP contribution in [0.4, 0.5) is 4.79 Å². The van der Waals surface area contributed by atoms with E-state index in [1.165, 1.54) is 15.4 Å². The molecule has 10 heteroatoms. The van der Waals surface area contributed by atoms with Crippen molar-refractivity contribution in [2.75, 3.05) is 32.7 Å². The van der Waals surface area contributed by atoms with Gasteiger partial charge in [0.2, 0.25) is 0 Å². The van der Waals surface area contributed by atoms with Gasteiger partial charge >= 0.3 is 6.03 Å². The lowest BCUT2D eigenvalue weighted by molar-refractivity contribution is 0.130. The fourth-order valence-electron chi connectivity index (χ4n) is 4.44. The monoisotopic (exact) mass is 461 g/mol.